The number of fused-ring (bicyclic) bond motifs is 1. The van der Waals surface area contributed by atoms with E-state index >= 15 is 0 Å². The molecule has 0 aliphatic rings. The number of carboxylic acids is 2. The number of hydrogen-bond donors (Lipinski definition) is 2. The molecule has 4 nitrogen and oxygen atoms in total. The molecule has 0 heterocycles. The van der Waals surface area contributed by atoms with Crippen LogP contribution in [0.1, 0.15) is 96.7 Å². The highest BCUT2D eigenvalue weighted by Gasteiger charge is 2.27. The van der Waals surface area contributed by atoms with Crippen LogP contribution in [0.4, 0.5) is 0 Å². The molecule has 152 valence electrons. The van der Waals surface area contributed by atoms with Gasteiger partial charge in [0.25, 0.3) is 0 Å². The van der Waals surface area contributed by atoms with E-state index in [1.54, 1.807) is 6.07 Å². The van der Waals surface area contributed by atoms with Gasteiger partial charge in [-0.1, -0.05) is 58.2 Å². The summed E-state index contributed by atoms with van der Waals surface area (Å²) in [7, 11) is 0. The molecule has 0 atom stereocenters. The van der Waals surface area contributed by atoms with Crippen molar-refractivity contribution in [2.45, 2.75) is 78.6 Å². The molecule has 0 aliphatic carbocycles. The number of carbonyl (C=O) groups is 2. The molecular formula is C24H32O4. The topological polar surface area (TPSA) is 74.6 Å². The molecule has 0 bridgehead atoms. The van der Waals surface area contributed by atoms with Crippen LogP contribution in [-0.4, -0.2) is 22.2 Å². The second kappa shape index (κ2) is 10.3. The number of benzene rings is 2. The van der Waals surface area contributed by atoms with Gasteiger partial charge >= 0.3 is 11.9 Å². The van der Waals surface area contributed by atoms with Crippen LogP contribution in [0.5, 0.6) is 0 Å². The van der Waals surface area contributed by atoms with Crippen LogP contribution in [0.25, 0.3) is 10.8 Å². The van der Waals surface area contributed by atoms with Gasteiger partial charge in [0.2, 0.25) is 0 Å². The fourth-order valence-corrected chi connectivity index (χ4v) is 4.04. The van der Waals surface area contributed by atoms with E-state index in [-0.39, 0.29) is 11.1 Å². The summed E-state index contributed by atoms with van der Waals surface area (Å²) in [5.74, 6) is -2.29. The van der Waals surface area contributed by atoms with Crippen molar-refractivity contribution in [3.05, 3.63) is 46.0 Å². The summed E-state index contributed by atoms with van der Waals surface area (Å²) in [6.07, 6.45) is 8.11. The molecule has 2 rings (SSSR count). The van der Waals surface area contributed by atoms with E-state index in [4.69, 9.17) is 0 Å². The van der Waals surface area contributed by atoms with E-state index in [1.165, 1.54) is 0 Å². The van der Waals surface area contributed by atoms with Crippen molar-refractivity contribution in [3.63, 3.8) is 0 Å². The normalized spacial score (nSPS) is 11.1. The smallest absolute Gasteiger partial charge is 0.337 e. The third-order valence-corrected chi connectivity index (χ3v) is 5.43. The lowest BCUT2D eigenvalue weighted by atomic mass is 9.82. The molecule has 0 aliphatic heterocycles. The Hall–Kier alpha value is -2.36. The molecule has 0 spiro atoms. The van der Waals surface area contributed by atoms with Crippen molar-refractivity contribution in [2.75, 3.05) is 0 Å². The average molecular weight is 385 g/mol. The third kappa shape index (κ3) is 4.54. The van der Waals surface area contributed by atoms with Crippen LogP contribution in [0.3, 0.4) is 0 Å². The fourth-order valence-electron chi connectivity index (χ4n) is 4.04. The van der Waals surface area contributed by atoms with Gasteiger partial charge in [0.15, 0.2) is 0 Å². The largest absolute Gasteiger partial charge is 0.478 e. The van der Waals surface area contributed by atoms with E-state index in [0.29, 0.717) is 11.8 Å². The van der Waals surface area contributed by atoms with Crippen LogP contribution in [0.15, 0.2) is 18.2 Å². The lowest BCUT2D eigenvalue weighted by Crippen LogP contribution is -2.16. The van der Waals surface area contributed by atoms with Gasteiger partial charge in [-0.3, -0.25) is 0 Å². The molecule has 0 saturated heterocycles. The van der Waals surface area contributed by atoms with Crippen LogP contribution < -0.4 is 0 Å². The first-order valence-corrected chi connectivity index (χ1v) is 10.5. The predicted molar refractivity (Wildman–Crippen MR) is 114 cm³/mol. The van der Waals surface area contributed by atoms with Gasteiger partial charge in [-0.05, 0) is 66.0 Å². The van der Waals surface area contributed by atoms with Gasteiger partial charge in [-0.2, -0.15) is 0 Å². The first-order chi connectivity index (χ1) is 13.5. The SMILES string of the molecule is CCCCc1c(C(=O)O)c(C(=O)O)c2cccc(CCCC)c2c1CCCC. The van der Waals surface area contributed by atoms with Gasteiger partial charge in [0, 0.05) is 0 Å². The molecule has 0 fully saturated rings. The molecular weight excluding hydrogens is 352 g/mol. The van der Waals surface area contributed by atoms with Crippen LogP contribution >= 0.6 is 0 Å². The highest BCUT2D eigenvalue weighted by atomic mass is 16.4. The summed E-state index contributed by atoms with van der Waals surface area (Å²) in [6.45, 7) is 6.33. The van der Waals surface area contributed by atoms with E-state index < -0.39 is 11.9 Å². The summed E-state index contributed by atoms with van der Waals surface area (Å²) in [6, 6.07) is 5.71. The minimum Gasteiger partial charge on any atom is -0.478 e. The summed E-state index contributed by atoms with van der Waals surface area (Å²) < 4.78 is 0. The average Bonchev–Trinajstić information content (AvgIpc) is 2.67. The van der Waals surface area contributed by atoms with Crippen molar-refractivity contribution in [3.8, 4) is 0 Å². The number of hydrogen-bond acceptors (Lipinski definition) is 2. The van der Waals surface area contributed by atoms with Crippen molar-refractivity contribution in [1.29, 1.82) is 0 Å². The number of rotatable bonds is 11. The van der Waals surface area contributed by atoms with Gasteiger partial charge in [0.05, 0.1) is 11.1 Å². The third-order valence-electron chi connectivity index (χ3n) is 5.43. The van der Waals surface area contributed by atoms with E-state index in [2.05, 4.69) is 26.8 Å². The molecule has 2 N–H and O–H groups in total. The zero-order valence-corrected chi connectivity index (χ0v) is 17.3. The Morgan fingerprint density at radius 3 is 1.82 bits per heavy atom. The zero-order valence-electron chi connectivity index (χ0n) is 17.3. The van der Waals surface area contributed by atoms with Gasteiger partial charge < -0.3 is 10.2 Å². The quantitative estimate of drug-likeness (QED) is 0.479. The Morgan fingerprint density at radius 1 is 0.750 bits per heavy atom. The Bertz CT molecular complexity index is 852. The Labute approximate surface area is 167 Å². The van der Waals surface area contributed by atoms with Crippen molar-refractivity contribution < 1.29 is 19.8 Å². The van der Waals surface area contributed by atoms with Crippen LogP contribution in [0, 0.1) is 0 Å². The van der Waals surface area contributed by atoms with Gasteiger partial charge in [0.1, 0.15) is 0 Å². The van der Waals surface area contributed by atoms with Gasteiger partial charge in [-0.15, -0.1) is 0 Å². The summed E-state index contributed by atoms with van der Waals surface area (Å²) in [5.41, 5.74) is 2.87. The van der Waals surface area contributed by atoms with Crippen molar-refractivity contribution in [1.82, 2.24) is 0 Å². The maximum atomic E-state index is 12.2. The zero-order chi connectivity index (χ0) is 20.7. The highest BCUT2D eigenvalue weighted by molar-refractivity contribution is 6.14. The number of unbranched alkanes of at least 4 members (excludes halogenated alkanes) is 3. The van der Waals surface area contributed by atoms with E-state index in [1.807, 2.05) is 6.07 Å². The van der Waals surface area contributed by atoms with Crippen LogP contribution in [-0.2, 0) is 19.3 Å². The summed E-state index contributed by atoms with van der Waals surface area (Å²) in [5, 5.41) is 21.4. The molecule has 4 heteroatoms. The molecule has 28 heavy (non-hydrogen) atoms. The lowest BCUT2D eigenvalue weighted by Gasteiger charge is -2.21. The molecule has 0 amide bonds. The maximum absolute atomic E-state index is 12.2. The number of carboxylic acid groups (broad SMARTS) is 2. The van der Waals surface area contributed by atoms with Gasteiger partial charge in [-0.25, -0.2) is 9.59 Å². The predicted octanol–water partition coefficient (Wildman–Crippen LogP) is 6.26. The van der Waals surface area contributed by atoms with Crippen molar-refractivity contribution in [2.24, 2.45) is 0 Å². The van der Waals surface area contributed by atoms with Crippen LogP contribution in [0.2, 0.25) is 0 Å². The van der Waals surface area contributed by atoms with E-state index in [9.17, 15) is 19.8 Å². The maximum Gasteiger partial charge on any atom is 0.337 e. The van der Waals surface area contributed by atoms with E-state index in [0.717, 1.165) is 73.4 Å². The lowest BCUT2D eigenvalue weighted by molar-refractivity contribution is 0.0652. The number of aromatic carboxylic acids is 2. The second-order valence-electron chi connectivity index (χ2n) is 7.47. The molecule has 0 unspecified atom stereocenters. The molecule has 2 aromatic carbocycles. The summed E-state index contributed by atoms with van der Waals surface area (Å²) >= 11 is 0. The summed E-state index contributed by atoms with van der Waals surface area (Å²) in [4.78, 5) is 24.3. The Morgan fingerprint density at radius 2 is 1.29 bits per heavy atom. The first-order valence-electron chi connectivity index (χ1n) is 10.5. The number of aryl methyl sites for hydroxylation is 2. The molecule has 2 aromatic rings. The minimum atomic E-state index is -1.16. The molecule has 0 radical (unpaired) electrons. The highest BCUT2D eigenvalue weighted by Crippen LogP contribution is 2.36. The molecule has 0 aromatic heterocycles. The monoisotopic (exact) mass is 384 g/mol. The van der Waals surface area contributed by atoms with Crippen molar-refractivity contribution >= 4 is 22.7 Å². The standard InChI is InChI=1S/C24H32O4/c1-4-7-11-16-12-10-15-19-20(16)17(13-8-5-2)18(14-9-6-3)21(23(25)26)22(19)24(27)28/h10,12,15H,4-9,11,13-14H2,1-3H3,(H,25,26)(H,27,28). The molecule has 0 saturated carbocycles. The second-order valence-corrected chi connectivity index (χ2v) is 7.47. The first kappa shape index (κ1) is 21.9. The minimum absolute atomic E-state index is 0.00723. The fraction of sp³-hybridized carbons (Fsp3) is 0.500. The Balaban J connectivity index is 2.97. The Kier molecular flexibility index (Phi) is 8.04.